The van der Waals surface area contributed by atoms with Crippen LogP contribution >= 0.6 is 11.8 Å². The monoisotopic (exact) mass is 312 g/mol. The molecule has 0 amide bonds. The van der Waals surface area contributed by atoms with E-state index in [1.807, 2.05) is 0 Å². The van der Waals surface area contributed by atoms with Crippen molar-refractivity contribution < 1.29 is 13.5 Å². The summed E-state index contributed by atoms with van der Waals surface area (Å²) in [7, 11) is -3.56. The molecule has 108 valence electrons. The molecule has 1 aromatic rings. The van der Waals surface area contributed by atoms with Crippen LogP contribution in [0.25, 0.3) is 0 Å². The summed E-state index contributed by atoms with van der Waals surface area (Å²) in [5, 5.41) is 8.65. The minimum absolute atomic E-state index is 0.0223. The molecule has 7 heteroatoms. The number of aliphatic hydroxyl groups is 1. The fraction of sp³-hybridized carbons (Fsp3) is 0.462. The fourth-order valence-corrected chi connectivity index (χ4v) is 4.33. The number of hydrogen-bond donors (Lipinski definition) is 2. The first-order valence-corrected chi connectivity index (χ1v) is 8.90. The molecule has 1 aliphatic rings. The predicted octanol–water partition coefficient (Wildman–Crippen LogP) is 0.599. The smallest absolute Gasteiger partial charge is 0.242 e. The average Bonchev–Trinajstić information content (AvgIpc) is 2.46. The van der Waals surface area contributed by atoms with Gasteiger partial charge < -0.3 is 5.11 Å². The molecule has 1 atom stereocenters. The van der Waals surface area contributed by atoms with Gasteiger partial charge in [0.15, 0.2) is 0 Å². The Morgan fingerprint density at radius 3 is 3.05 bits per heavy atom. The third-order valence-corrected chi connectivity index (χ3v) is 5.52. The predicted molar refractivity (Wildman–Crippen MR) is 78.9 cm³/mol. The molecule has 5 nitrogen and oxygen atoms in total. The summed E-state index contributed by atoms with van der Waals surface area (Å²) in [6.45, 7) is -0.269. The van der Waals surface area contributed by atoms with E-state index < -0.39 is 10.0 Å². The summed E-state index contributed by atoms with van der Waals surface area (Å²) in [6.07, 6.45) is 4.67. The Morgan fingerprint density at radius 1 is 1.50 bits per heavy atom. The topological polar surface area (TPSA) is 79.3 Å². The molecule has 2 rings (SSSR count). The Labute approximate surface area is 123 Å². The number of pyridine rings is 1. The number of nitrogens with one attached hydrogen (secondary N) is 1. The molecule has 0 spiro atoms. The highest BCUT2D eigenvalue weighted by molar-refractivity contribution is 7.99. The van der Waals surface area contributed by atoms with E-state index in [9.17, 15) is 8.42 Å². The second-order valence-corrected chi connectivity index (χ2v) is 7.27. The number of sulfonamides is 1. The molecule has 1 aliphatic heterocycles. The van der Waals surface area contributed by atoms with E-state index in [4.69, 9.17) is 5.11 Å². The molecule has 0 aliphatic carbocycles. The third-order valence-electron chi connectivity index (χ3n) is 2.82. The Kier molecular flexibility index (Phi) is 5.43. The maximum atomic E-state index is 12.3. The highest BCUT2D eigenvalue weighted by atomic mass is 32.2. The van der Waals surface area contributed by atoms with E-state index in [0.717, 1.165) is 24.3 Å². The number of rotatable bonds is 3. The van der Waals surface area contributed by atoms with E-state index in [1.54, 1.807) is 11.8 Å². The number of aliphatic hydroxyl groups excluding tert-OH is 1. The van der Waals surface area contributed by atoms with Gasteiger partial charge in [-0.2, -0.15) is 11.8 Å². The SMILES string of the molecule is O=S(=O)(NC1CCCSC1)c1cncc(C#CCO)c1. The van der Waals surface area contributed by atoms with Crippen molar-refractivity contribution in [3.8, 4) is 11.8 Å². The Morgan fingerprint density at radius 2 is 2.35 bits per heavy atom. The summed E-state index contributed by atoms with van der Waals surface area (Å²) < 4.78 is 27.2. The molecule has 0 radical (unpaired) electrons. The summed E-state index contributed by atoms with van der Waals surface area (Å²) in [6, 6.07) is 1.44. The normalized spacial score (nSPS) is 19.1. The van der Waals surface area contributed by atoms with Crippen molar-refractivity contribution >= 4 is 21.8 Å². The van der Waals surface area contributed by atoms with Gasteiger partial charge in [-0.25, -0.2) is 13.1 Å². The lowest BCUT2D eigenvalue weighted by Crippen LogP contribution is -2.38. The molecular weight excluding hydrogens is 296 g/mol. The molecule has 0 saturated carbocycles. The summed E-state index contributed by atoms with van der Waals surface area (Å²) in [5.41, 5.74) is 0.472. The lowest BCUT2D eigenvalue weighted by atomic mass is 10.2. The highest BCUT2D eigenvalue weighted by Gasteiger charge is 2.22. The Bertz CT molecular complexity index is 614. The summed E-state index contributed by atoms with van der Waals surface area (Å²) in [4.78, 5) is 4.00. The van der Waals surface area contributed by atoms with Crippen LogP contribution in [0.15, 0.2) is 23.4 Å². The zero-order chi connectivity index (χ0) is 14.4. The zero-order valence-corrected chi connectivity index (χ0v) is 12.5. The first-order valence-electron chi connectivity index (χ1n) is 6.26. The highest BCUT2D eigenvalue weighted by Crippen LogP contribution is 2.19. The van der Waals surface area contributed by atoms with E-state index in [2.05, 4.69) is 21.5 Å². The Hall–Kier alpha value is -1.07. The van der Waals surface area contributed by atoms with Crippen molar-refractivity contribution in [3.05, 3.63) is 24.0 Å². The second-order valence-electron chi connectivity index (χ2n) is 4.40. The standard InChI is InChI=1S/C13H16N2O3S2/c16-5-1-3-11-7-13(9-14-8-11)20(17,18)15-12-4-2-6-19-10-12/h7-9,12,15-16H,2,4-6,10H2. The summed E-state index contributed by atoms with van der Waals surface area (Å²) >= 11 is 1.76. The van der Waals surface area contributed by atoms with Gasteiger partial charge in [0.25, 0.3) is 0 Å². The molecule has 1 saturated heterocycles. The third kappa shape index (κ3) is 4.21. The quantitative estimate of drug-likeness (QED) is 0.799. The molecule has 2 N–H and O–H groups in total. The second kappa shape index (κ2) is 7.09. The van der Waals surface area contributed by atoms with Gasteiger partial charge in [0.2, 0.25) is 10.0 Å². The Balaban J connectivity index is 2.16. The van der Waals surface area contributed by atoms with Gasteiger partial charge in [0.1, 0.15) is 11.5 Å². The maximum absolute atomic E-state index is 12.3. The molecule has 1 fully saturated rings. The van der Waals surface area contributed by atoms with Gasteiger partial charge in [0.05, 0.1) is 0 Å². The van der Waals surface area contributed by atoms with Gasteiger partial charge in [0, 0.05) is 29.8 Å². The molecule has 20 heavy (non-hydrogen) atoms. The van der Waals surface area contributed by atoms with Crippen molar-refractivity contribution in [2.75, 3.05) is 18.1 Å². The van der Waals surface area contributed by atoms with Crippen LogP contribution in [0.1, 0.15) is 18.4 Å². The lowest BCUT2D eigenvalue weighted by Gasteiger charge is -2.22. The van der Waals surface area contributed by atoms with Crippen molar-refractivity contribution in [2.45, 2.75) is 23.8 Å². The van der Waals surface area contributed by atoms with Crippen molar-refractivity contribution in [1.82, 2.24) is 9.71 Å². The van der Waals surface area contributed by atoms with Crippen molar-refractivity contribution in [3.63, 3.8) is 0 Å². The van der Waals surface area contributed by atoms with Gasteiger partial charge in [-0.05, 0) is 24.7 Å². The first-order chi connectivity index (χ1) is 9.62. The van der Waals surface area contributed by atoms with Gasteiger partial charge in [-0.3, -0.25) is 4.98 Å². The molecule has 0 bridgehead atoms. The van der Waals surface area contributed by atoms with Crippen LogP contribution in [0.5, 0.6) is 0 Å². The average molecular weight is 312 g/mol. The largest absolute Gasteiger partial charge is 0.384 e. The maximum Gasteiger partial charge on any atom is 0.242 e. The van der Waals surface area contributed by atoms with E-state index in [-0.39, 0.29) is 17.5 Å². The molecule has 1 aromatic heterocycles. The van der Waals surface area contributed by atoms with Gasteiger partial charge in [-0.15, -0.1) is 0 Å². The fourth-order valence-electron chi connectivity index (χ4n) is 1.90. The minimum atomic E-state index is -3.56. The molecular formula is C13H16N2O3S2. The van der Waals surface area contributed by atoms with Crippen LogP contribution in [0.2, 0.25) is 0 Å². The number of hydrogen-bond acceptors (Lipinski definition) is 5. The zero-order valence-electron chi connectivity index (χ0n) is 10.9. The summed E-state index contributed by atoms with van der Waals surface area (Å²) in [5.74, 6) is 7.01. The number of thioether (sulfide) groups is 1. The first kappa shape index (κ1) is 15.3. The van der Waals surface area contributed by atoms with Crippen LogP contribution in [-0.4, -0.2) is 42.7 Å². The molecule has 1 unspecified atom stereocenters. The van der Waals surface area contributed by atoms with E-state index >= 15 is 0 Å². The van der Waals surface area contributed by atoms with Crippen LogP contribution in [0, 0.1) is 11.8 Å². The van der Waals surface area contributed by atoms with Crippen LogP contribution in [-0.2, 0) is 10.0 Å². The molecule has 2 heterocycles. The number of aromatic nitrogens is 1. The molecule has 0 aromatic carbocycles. The van der Waals surface area contributed by atoms with E-state index in [0.29, 0.717) is 5.56 Å². The van der Waals surface area contributed by atoms with E-state index in [1.165, 1.54) is 18.5 Å². The minimum Gasteiger partial charge on any atom is -0.384 e. The van der Waals surface area contributed by atoms with Crippen LogP contribution < -0.4 is 4.72 Å². The van der Waals surface area contributed by atoms with Crippen LogP contribution in [0.4, 0.5) is 0 Å². The van der Waals surface area contributed by atoms with Crippen LogP contribution in [0.3, 0.4) is 0 Å². The number of nitrogens with zero attached hydrogens (tertiary/aromatic N) is 1. The van der Waals surface area contributed by atoms with Crippen molar-refractivity contribution in [2.24, 2.45) is 0 Å². The van der Waals surface area contributed by atoms with Crippen molar-refractivity contribution in [1.29, 1.82) is 0 Å². The van der Waals surface area contributed by atoms with Gasteiger partial charge >= 0.3 is 0 Å². The lowest BCUT2D eigenvalue weighted by molar-refractivity contribution is 0.350. The van der Waals surface area contributed by atoms with Gasteiger partial charge in [-0.1, -0.05) is 11.8 Å².